The molecule has 1 aromatic rings. The normalized spacial score (nSPS) is 18.8. The molecule has 2 rings (SSSR count). The van der Waals surface area contributed by atoms with E-state index in [1.165, 1.54) is 0 Å². The Bertz CT molecular complexity index is 538. The largest absolute Gasteiger partial charge is 0.493 e. The fraction of sp³-hybridized carbons (Fsp3) is 0.600. The molecule has 1 heterocycles. The Kier molecular flexibility index (Phi) is 6.02. The quantitative estimate of drug-likeness (QED) is 0.736. The van der Waals surface area contributed by atoms with Gasteiger partial charge in [-0.25, -0.2) is 8.42 Å². The van der Waals surface area contributed by atoms with Crippen molar-refractivity contribution in [1.29, 1.82) is 0 Å². The van der Waals surface area contributed by atoms with Crippen LogP contribution in [0, 0.1) is 0 Å². The molecular formula is C15H23NO4S. The van der Waals surface area contributed by atoms with E-state index in [-0.39, 0.29) is 17.6 Å². The summed E-state index contributed by atoms with van der Waals surface area (Å²) in [7, 11) is -3.06. The molecule has 1 saturated heterocycles. The fourth-order valence-corrected chi connectivity index (χ4v) is 3.97. The molecular weight excluding hydrogens is 290 g/mol. The Labute approximate surface area is 126 Å². The highest BCUT2D eigenvalue weighted by Crippen LogP contribution is 2.18. The number of hydrogen-bond donors (Lipinski definition) is 1. The molecule has 1 fully saturated rings. The first kappa shape index (κ1) is 16.3. The highest BCUT2D eigenvalue weighted by molar-refractivity contribution is 7.91. The van der Waals surface area contributed by atoms with E-state index in [2.05, 4.69) is 0 Å². The maximum atomic E-state index is 12.0. The summed E-state index contributed by atoms with van der Waals surface area (Å²) in [6, 6.07) is 7.54. The Balaban J connectivity index is 1.73. The number of nitrogens with two attached hydrogens (primary N) is 1. The van der Waals surface area contributed by atoms with E-state index in [4.69, 9.17) is 15.2 Å². The second kappa shape index (κ2) is 7.77. The molecule has 118 valence electrons. The molecule has 1 atom stereocenters. The van der Waals surface area contributed by atoms with Gasteiger partial charge in [0, 0.05) is 18.7 Å². The van der Waals surface area contributed by atoms with Crippen LogP contribution in [0.5, 0.6) is 5.75 Å². The van der Waals surface area contributed by atoms with E-state index >= 15 is 0 Å². The zero-order chi connectivity index (χ0) is 15.1. The molecule has 1 aromatic carbocycles. The van der Waals surface area contributed by atoms with Crippen LogP contribution in [-0.4, -0.2) is 39.2 Å². The van der Waals surface area contributed by atoms with Crippen molar-refractivity contribution >= 4 is 9.84 Å². The second-order valence-electron chi connectivity index (χ2n) is 5.26. The highest BCUT2D eigenvalue weighted by atomic mass is 32.2. The fourth-order valence-electron chi connectivity index (χ4n) is 2.42. The summed E-state index contributed by atoms with van der Waals surface area (Å²) in [6.07, 6.45) is 2.17. The zero-order valence-corrected chi connectivity index (χ0v) is 13.0. The van der Waals surface area contributed by atoms with Crippen molar-refractivity contribution < 1.29 is 17.9 Å². The van der Waals surface area contributed by atoms with Crippen LogP contribution >= 0.6 is 0 Å². The van der Waals surface area contributed by atoms with E-state index in [0.29, 0.717) is 26.2 Å². The smallest absolute Gasteiger partial charge is 0.152 e. The van der Waals surface area contributed by atoms with E-state index < -0.39 is 9.84 Å². The van der Waals surface area contributed by atoms with E-state index in [9.17, 15) is 8.42 Å². The zero-order valence-electron chi connectivity index (χ0n) is 12.2. The van der Waals surface area contributed by atoms with Gasteiger partial charge in [0.1, 0.15) is 5.75 Å². The Hall–Kier alpha value is -1.11. The van der Waals surface area contributed by atoms with Gasteiger partial charge in [0.05, 0.1) is 24.2 Å². The standard InChI is InChI=1S/C15H23NO4S/c16-11-13-5-1-2-7-15(13)20-9-4-10-21(17,18)12-14-6-3-8-19-14/h1-2,5,7,14H,3-4,6,8-12,16H2. The van der Waals surface area contributed by atoms with E-state index in [1.54, 1.807) is 0 Å². The van der Waals surface area contributed by atoms with Gasteiger partial charge in [-0.2, -0.15) is 0 Å². The number of para-hydroxylation sites is 1. The first-order valence-corrected chi connectivity index (χ1v) is 9.15. The lowest BCUT2D eigenvalue weighted by molar-refractivity contribution is 0.127. The van der Waals surface area contributed by atoms with Gasteiger partial charge in [-0.3, -0.25) is 0 Å². The number of rotatable bonds is 8. The van der Waals surface area contributed by atoms with E-state index in [0.717, 1.165) is 24.2 Å². The first-order chi connectivity index (χ1) is 10.1. The predicted molar refractivity (Wildman–Crippen MR) is 82.1 cm³/mol. The number of ether oxygens (including phenoxy) is 2. The SMILES string of the molecule is NCc1ccccc1OCCCS(=O)(=O)CC1CCCO1. The summed E-state index contributed by atoms with van der Waals surface area (Å²) >= 11 is 0. The highest BCUT2D eigenvalue weighted by Gasteiger charge is 2.22. The van der Waals surface area contributed by atoms with Crippen LogP contribution in [0.4, 0.5) is 0 Å². The van der Waals surface area contributed by atoms with Gasteiger partial charge >= 0.3 is 0 Å². The molecule has 6 heteroatoms. The summed E-state index contributed by atoms with van der Waals surface area (Å²) in [5.74, 6) is 1.00. The van der Waals surface area contributed by atoms with Gasteiger partial charge < -0.3 is 15.2 Å². The van der Waals surface area contributed by atoms with Crippen molar-refractivity contribution in [3.8, 4) is 5.75 Å². The Morgan fingerprint density at radius 1 is 1.33 bits per heavy atom. The molecule has 5 nitrogen and oxygen atoms in total. The lowest BCUT2D eigenvalue weighted by Gasteiger charge is -2.12. The van der Waals surface area contributed by atoms with Gasteiger partial charge in [0.25, 0.3) is 0 Å². The van der Waals surface area contributed by atoms with Gasteiger partial charge in [-0.1, -0.05) is 18.2 Å². The van der Waals surface area contributed by atoms with Crippen molar-refractivity contribution in [3.63, 3.8) is 0 Å². The summed E-state index contributed by atoms with van der Waals surface area (Å²) in [5.41, 5.74) is 6.56. The molecule has 0 radical (unpaired) electrons. The third-order valence-corrected chi connectivity index (χ3v) is 5.30. The summed E-state index contributed by atoms with van der Waals surface area (Å²) in [4.78, 5) is 0. The second-order valence-corrected chi connectivity index (χ2v) is 7.49. The van der Waals surface area contributed by atoms with Crippen LogP contribution in [0.3, 0.4) is 0 Å². The van der Waals surface area contributed by atoms with Crippen LogP contribution in [0.25, 0.3) is 0 Å². The molecule has 0 aromatic heterocycles. The Morgan fingerprint density at radius 3 is 2.86 bits per heavy atom. The topological polar surface area (TPSA) is 78.6 Å². The molecule has 0 bridgehead atoms. The lowest BCUT2D eigenvalue weighted by Crippen LogP contribution is -2.23. The number of benzene rings is 1. The Morgan fingerprint density at radius 2 is 2.14 bits per heavy atom. The third kappa shape index (κ3) is 5.30. The van der Waals surface area contributed by atoms with Crippen molar-refractivity contribution in [2.24, 2.45) is 5.73 Å². The number of sulfone groups is 1. The monoisotopic (exact) mass is 313 g/mol. The molecule has 1 unspecified atom stereocenters. The van der Waals surface area contributed by atoms with Crippen LogP contribution in [0.2, 0.25) is 0 Å². The third-order valence-electron chi connectivity index (χ3n) is 3.51. The van der Waals surface area contributed by atoms with Crippen LogP contribution in [0.1, 0.15) is 24.8 Å². The van der Waals surface area contributed by atoms with Gasteiger partial charge in [0.15, 0.2) is 9.84 Å². The molecule has 0 aliphatic carbocycles. The van der Waals surface area contributed by atoms with Crippen molar-refractivity contribution in [2.45, 2.75) is 31.9 Å². The average molecular weight is 313 g/mol. The number of hydrogen-bond acceptors (Lipinski definition) is 5. The van der Waals surface area contributed by atoms with Gasteiger partial charge in [-0.05, 0) is 25.3 Å². The average Bonchev–Trinajstić information content (AvgIpc) is 2.96. The van der Waals surface area contributed by atoms with Gasteiger partial charge in [-0.15, -0.1) is 0 Å². The molecule has 0 amide bonds. The molecule has 1 aliphatic rings. The minimum Gasteiger partial charge on any atom is -0.493 e. The summed E-state index contributed by atoms with van der Waals surface area (Å²) < 4.78 is 34.9. The molecule has 0 saturated carbocycles. The maximum absolute atomic E-state index is 12.0. The molecule has 2 N–H and O–H groups in total. The van der Waals surface area contributed by atoms with Crippen molar-refractivity contribution in [1.82, 2.24) is 0 Å². The van der Waals surface area contributed by atoms with Crippen molar-refractivity contribution in [2.75, 3.05) is 24.7 Å². The molecule has 1 aliphatic heterocycles. The van der Waals surface area contributed by atoms with Crippen molar-refractivity contribution in [3.05, 3.63) is 29.8 Å². The van der Waals surface area contributed by atoms with E-state index in [1.807, 2.05) is 24.3 Å². The molecule has 21 heavy (non-hydrogen) atoms. The van der Waals surface area contributed by atoms with Gasteiger partial charge in [0.2, 0.25) is 0 Å². The lowest BCUT2D eigenvalue weighted by atomic mass is 10.2. The van der Waals surface area contributed by atoms with Crippen LogP contribution in [-0.2, 0) is 21.1 Å². The minimum absolute atomic E-state index is 0.117. The first-order valence-electron chi connectivity index (χ1n) is 7.33. The maximum Gasteiger partial charge on any atom is 0.152 e. The summed E-state index contributed by atoms with van der Waals surface area (Å²) in [6.45, 7) is 1.47. The van der Waals surface area contributed by atoms with Crippen LogP contribution < -0.4 is 10.5 Å². The minimum atomic E-state index is -3.06. The summed E-state index contributed by atoms with van der Waals surface area (Å²) in [5, 5.41) is 0. The predicted octanol–water partition coefficient (Wildman–Crippen LogP) is 1.51. The molecule has 0 spiro atoms. The van der Waals surface area contributed by atoms with Crippen LogP contribution in [0.15, 0.2) is 24.3 Å².